The maximum Gasteiger partial charge on any atom is 0.245 e. The molecule has 0 aliphatic carbocycles. The predicted octanol–water partition coefficient (Wildman–Crippen LogP) is 1.16. The van der Waals surface area contributed by atoms with E-state index in [2.05, 4.69) is 10.3 Å². The number of hydrogen-bond donors (Lipinski definition) is 3. The largest absolute Gasteiger partial charge is 0.504 e. The highest BCUT2D eigenvalue weighted by Crippen LogP contribution is 2.21. The van der Waals surface area contributed by atoms with Crippen molar-refractivity contribution in [2.45, 2.75) is 32.7 Å². The number of aromatic nitrogens is 1. The summed E-state index contributed by atoms with van der Waals surface area (Å²) in [5.74, 6) is -0.274. The van der Waals surface area contributed by atoms with Crippen molar-refractivity contribution in [3.63, 3.8) is 0 Å². The van der Waals surface area contributed by atoms with Crippen LogP contribution in [0.5, 0.6) is 5.75 Å². The van der Waals surface area contributed by atoms with Crippen LogP contribution in [0.2, 0.25) is 0 Å². The first kappa shape index (κ1) is 12.4. The zero-order valence-corrected chi connectivity index (χ0v) is 9.74. The number of nitrogens with two attached hydrogens (primary N) is 1. The van der Waals surface area contributed by atoms with Crippen LogP contribution in [0.3, 0.4) is 0 Å². The lowest BCUT2D eigenvalue weighted by molar-refractivity contribution is -0.120. The van der Waals surface area contributed by atoms with Gasteiger partial charge in [0.05, 0.1) is 5.54 Å². The van der Waals surface area contributed by atoms with Gasteiger partial charge >= 0.3 is 0 Å². The number of carbonyl (C=O) groups excluding carboxylic acids is 1. The Morgan fingerprint density at radius 2 is 2.25 bits per heavy atom. The van der Waals surface area contributed by atoms with Crippen LogP contribution in [0.15, 0.2) is 12.1 Å². The Morgan fingerprint density at radius 3 is 2.81 bits per heavy atom. The Balaban J connectivity index is 2.89. The minimum Gasteiger partial charge on any atom is -0.504 e. The van der Waals surface area contributed by atoms with E-state index in [-0.39, 0.29) is 17.5 Å². The highest BCUT2D eigenvalue weighted by Gasteiger charge is 2.26. The van der Waals surface area contributed by atoms with Gasteiger partial charge < -0.3 is 16.2 Å². The van der Waals surface area contributed by atoms with E-state index in [1.165, 1.54) is 6.07 Å². The van der Waals surface area contributed by atoms with E-state index in [9.17, 15) is 9.90 Å². The Bertz CT molecular complexity index is 402. The summed E-state index contributed by atoms with van der Waals surface area (Å²) in [6.45, 7) is 5.23. The summed E-state index contributed by atoms with van der Waals surface area (Å²) in [6, 6.07) is 3.14. The molecule has 1 rings (SSSR count). The lowest BCUT2D eigenvalue weighted by Crippen LogP contribution is -2.47. The van der Waals surface area contributed by atoms with Gasteiger partial charge in [-0.15, -0.1) is 0 Å². The van der Waals surface area contributed by atoms with Gasteiger partial charge in [-0.25, -0.2) is 4.98 Å². The van der Waals surface area contributed by atoms with Crippen molar-refractivity contribution in [3.05, 3.63) is 17.8 Å². The molecule has 0 aliphatic heterocycles. The normalized spacial score (nSPS) is 14.2. The van der Waals surface area contributed by atoms with E-state index in [4.69, 9.17) is 5.73 Å². The maximum atomic E-state index is 11.7. The summed E-state index contributed by atoms with van der Waals surface area (Å²) >= 11 is 0. The molecule has 16 heavy (non-hydrogen) atoms. The highest BCUT2D eigenvalue weighted by molar-refractivity contribution is 5.97. The maximum absolute atomic E-state index is 11.7. The van der Waals surface area contributed by atoms with E-state index >= 15 is 0 Å². The van der Waals surface area contributed by atoms with Gasteiger partial charge in [0.2, 0.25) is 5.91 Å². The second kappa shape index (κ2) is 4.49. The lowest BCUT2D eigenvalue weighted by atomic mass is 10.00. The van der Waals surface area contributed by atoms with Gasteiger partial charge in [-0.2, -0.15) is 0 Å². The number of rotatable bonds is 3. The Labute approximate surface area is 94.7 Å². The third-order valence-electron chi connectivity index (χ3n) is 2.50. The average molecular weight is 223 g/mol. The molecule has 0 bridgehead atoms. The molecule has 4 N–H and O–H groups in total. The fourth-order valence-corrected chi connectivity index (χ4v) is 1.05. The number of anilines is 1. The summed E-state index contributed by atoms with van der Waals surface area (Å²) in [5.41, 5.74) is 5.53. The summed E-state index contributed by atoms with van der Waals surface area (Å²) < 4.78 is 0. The quantitative estimate of drug-likeness (QED) is 0.717. The molecule has 1 aromatic heterocycles. The monoisotopic (exact) mass is 223 g/mol. The topological polar surface area (TPSA) is 88.2 Å². The number of carbonyl (C=O) groups is 1. The van der Waals surface area contributed by atoms with Crippen molar-refractivity contribution in [3.8, 4) is 5.75 Å². The van der Waals surface area contributed by atoms with Gasteiger partial charge in [-0.1, -0.05) is 6.92 Å². The van der Waals surface area contributed by atoms with Crippen molar-refractivity contribution < 1.29 is 9.90 Å². The van der Waals surface area contributed by atoms with E-state index in [1.54, 1.807) is 19.9 Å². The molecule has 0 saturated heterocycles. The molecule has 0 saturated carbocycles. The first-order chi connectivity index (χ1) is 7.36. The first-order valence-electron chi connectivity index (χ1n) is 5.13. The van der Waals surface area contributed by atoms with Crippen molar-refractivity contribution in [1.82, 2.24) is 4.98 Å². The standard InChI is InChI=1S/C11H17N3O2/c1-4-11(3,12)10(16)14-9-8(15)6-5-7(2)13-9/h5-6,15H,4,12H2,1-3H3,(H,13,14,16). The number of aromatic hydroxyl groups is 1. The van der Waals surface area contributed by atoms with Crippen LogP contribution in [0.25, 0.3) is 0 Å². The Hall–Kier alpha value is -1.62. The van der Waals surface area contributed by atoms with Crippen LogP contribution in [0.1, 0.15) is 26.0 Å². The van der Waals surface area contributed by atoms with Gasteiger partial charge in [0.15, 0.2) is 11.6 Å². The zero-order chi connectivity index (χ0) is 12.3. The molecular weight excluding hydrogens is 206 g/mol. The molecule has 1 amide bonds. The fourth-order valence-electron chi connectivity index (χ4n) is 1.05. The third-order valence-corrected chi connectivity index (χ3v) is 2.50. The molecule has 1 atom stereocenters. The molecule has 0 fully saturated rings. The second-order valence-electron chi connectivity index (χ2n) is 4.05. The molecule has 0 aliphatic rings. The molecule has 0 aromatic carbocycles. The SMILES string of the molecule is CCC(C)(N)C(=O)Nc1nc(C)ccc1O. The van der Waals surface area contributed by atoms with E-state index in [0.29, 0.717) is 12.1 Å². The fraction of sp³-hybridized carbons (Fsp3) is 0.455. The molecule has 1 unspecified atom stereocenters. The molecule has 88 valence electrons. The lowest BCUT2D eigenvalue weighted by Gasteiger charge is -2.21. The molecule has 1 heterocycles. The first-order valence-corrected chi connectivity index (χ1v) is 5.13. The average Bonchev–Trinajstić information content (AvgIpc) is 2.23. The zero-order valence-electron chi connectivity index (χ0n) is 9.74. The number of nitrogens with one attached hydrogen (secondary N) is 1. The summed E-state index contributed by atoms with van der Waals surface area (Å²) in [6.07, 6.45) is 0.505. The van der Waals surface area contributed by atoms with Gasteiger partial charge in [-0.05, 0) is 32.4 Å². The van der Waals surface area contributed by atoms with Gasteiger partial charge in [-0.3, -0.25) is 4.79 Å². The van der Waals surface area contributed by atoms with Crippen molar-refractivity contribution >= 4 is 11.7 Å². The molecular formula is C11H17N3O2. The minimum absolute atomic E-state index is 0.0640. The number of amides is 1. The molecule has 5 nitrogen and oxygen atoms in total. The predicted molar refractivity (Wildman–Crippen MR) is 62.2 cm³/mol. The van der Waals surface area contributed by atoms with Crippen LogP contribution in [-0.4, -0.2) is 21.5 Å². The molecule has 0 radical (unpaired) electrons. The van der Waals surface area contributed by atoms with Crippen molar-refractivity contribution in [2.24, 2.45) is 5.73 Å². The summed E-state index contributed by atoms with van der Waals surface area (Å²) in [4.78, 5) is 15.8. The van der Waals surface area contributed by atoms with E-state index in [0.717, 1.165) is 0 Å². The Kier molecular flexibility index (Phi) is 3.49. The van der Waals surface area contributed by atoms with E-state index < -0.39 is 5.54 Å². The Morgan fingerprint density at radius 1 is 1.62 bits per heavy atom. The van der Waals surface area contributed by atoms with Crippen LogP contribution >= 0.6 is 0 Å². The van der Waals surface area contributed by atoms with Gasteiger partial charge in [0.25, 0.3) is 0 Å². The van der Waals surface area contributed by atoms with Crippen molar-refractivity contribution in [2.75, 3.05) is 5.32 Å². The summed E-state index contributed by atoms with van der Waals surface area (Å²) in [7, 11) is 0. The van der Waals surface area contributed by atoms with Crippen molar-refractivity contribution in [1.29, 1.82) is 0 Å². The van der Waals surface area contributed by atoms with Crippen LogP contribution in [-0.2, 0) is 4.79 Å². The number of aryl methyl sites for hydroxylation is 1. The number of nitrogens with zero attached hydrogens (tertiary/aromatic N) is 1. The second-order valence-corrected chi connectivity index (χ2v) is 4.05. The minimum atomic E-state index is -0.960. The number of pyridine rings is 1. The van der Waals surface area contributed by atoms with Crippen LogP contribution in [0.4, 0.5) is 5.82 Å². The van der Waals surface area contributed by atoms with Gasteiger partial charge in [0.1, 0.15) is 0 Å². The number of hydrogen-bond acceptors (Lipinski definition) is 4. The molecule has 0 spiro atoms. The molecule has 1 aromatic rings. The smallest absolute Gasteiger partial charge is 0.245 e. The van der Waals surface area contributed by atoms with Gasteiger partial charge in [0, 0.05) is 5.69 Å². The van der Waals surface area contributed by atoms with E-state index in [1.807, 2.05) is 6.92 Å². The molecule has 5 heteroatoms. The van der Waals surface area contributed by atoms with Crippen LogP contribution < -0.4 is 11.1 Å². The highest BCUT2D eigenvalue weighted by atomic mass is 16.3. The summed E-state index contributed by atoms with van der Waals surface area (Å²) in [5, 5.41) is 12.0. The third kappa shape index (κ3) is 2.70. The van der Waals surface area contributed by atoms with Crippen LogP contribution in [0, 0.1) is 6.92 Å².